The van der Waals surface area contributed by atoms with Gasteiger partial charge in [0.15, 0.2) is 6.61 Å². The highest BCUT2D eigenvalue weighted by atomic mass is 79.9. The van der Waals surface area contributed by atoms with Gasteiger partial charge < -0.3 is 4.74 Å². The fourth-order valence-electron chi connectivity index (χ4n) is 1.30. The molecule has 0 aliphatic heterocycles. The van der Waals surface area contributed by atoms with Gasteiger partial charge in [0, 0.05) is 9.35 Å². The standard InChI is InChI=1S/C13H10Br2N2O2S/c14-9-3-4-12(11(15)6-9)19-8-13(18)17-16-7-10-2-1-5-20-10/h1-7H,8H2,(H,17,18)/b16-7+. The highest BCUT2D eigenvalue weighted by Gasteiger charge is 2.05. The van der Waals surface area contributed by atoms with E-state index < -0.39 is 0 Å². The van der Waals surface area contributed by atoms with Gasteiger partial charge in [-0.25, -0.2) is 5.43 Å². The summed E-state index contributed by atoms with van der Waals surface area (Å²) in [5.41, 5.74) is 2.41. The van der Waals surface area contributed by atoms with Crippen molar-refractivity contribution in [3.05, 3.63) is 49.5 Å². The summed E-state index contributed by atoms with van der Waals surface area (Å²) in [5, 5.41) is 5.79. The molecule has 0 spiro atoms. The van der Waals surface area contributed by atoms with Gasteiger partial charge in [0.1, 0.15) is 5.75 Å². The first-order chi connectivity index (χ1) is 9.65. The predicted molar refractivity (Wildman–Crippen MR) is 87.4 cm³/mol. The first kappa shape index (κ1) is 15.2. The second-order valence-electron chi connectivity index (χ2n) is 3.67. The quantitative estimate of drug-likeness (QED) is 0.594. The predicted octanol–water partition coefficient (Wildman–Crippen LogP) is 3.80. The highest BCUT2D eigenvalue weighted by Crippen LogP contribution is 2.27. The maximum atomic E-state index is 11.6. The van der Waals surface area contributed by atoms with Crippen molar-refractivity contribution in [2.24, 2.45) is 5.10 Å². The van der Waals surface area contributed by atoms with Gasteiger partial charge in [-0.05, 0) is 45.6 Å². The molecule has 0 saturated heterocycles. The molecule has 0 unspecified atom stereocenters. The van der Waals surface area contributed by atoms with E-state index in [1.54, 1.807) is 23.6 Å². The zero-order chi connectivity index (χ0) is 14.4. The van der Waals surface area contributed by atoms with E-state index in [0.717, 1.165) is 13.8 Å². The van der Waals surface area contributed by atoms with Crippen LogP contribution in [0.25, 0.3) is 0 Å². The molecule has 0 fully saturated rings. The van der Waals surface area contributed by atoms with Crippen LogP contribution in [0.15, 0.2) is 49.8 Å². The van der Waals surface area contributed by atoms with Crippen LogP contribution in [0.2, 0.25) is 0 Å². The second-order valence-corrected chi connectivity index (χ2v) is 6.42. The SMILES string of the molecule is O=C(COc1ccc(Br)cc1Br)N/N=C/c1cccs1. The van der Waals surface area contributed by atoms with Crippen LogP contribution in [0, 0.1) is 0 Å². The molecule has 0 saturated carbocycles. The van der Waals surface area contributed by atoms with Crippen LogP contribution in [-0.2, 0) is 4.79 Å². The lowest BCUT2D eigenvalue weighted by Crippen LogP contribution is -2.24. The average molecular weight is 418 g/mol. The number of hydrazone groups is 1. The number of hydrogen-bond acceptors (Lipinski definition) is 4. The molecule has 2 rings (SSSR count). The summed E-state index contributed by atoms with van der Waals surface area (Å²) >= 11 is 8.25. The molecule has 1 aromatic heterocycles. The van der Waals surface area contributed by atoms with Crippen LogP contribution in [0.3, 0.4) is 0 Å². The van der Waals surface area contributed by atoms with Gasteiger partial charge in [0.05, 0.1) is 10.7 Å². The largest absolute Gasteiger partial charge is 0.483 e. The van der Waals surface area contributed by atoms with Crippen LogP contribution in [0.5, 0.6) is 5.75 Å². The number of ether oxygens (including phenoxy) is 1. The van der Waals surface area contributed by atoms with Crippen molar-refractivity contribution in [1.82, 2.24) is 5.43 Å². The van der Waals surface area contributed by atoms with Crippen LogP contribution in [0.4, 0.5) is 0 Å². The minimum Gasteiger partial charge on any atom is -0.483 e. The Labute approximate surface area is 137 Å². The Morgan fingerprint density at radius 1 is 1.40 bits per heavy atom. The number of carbonyl (C=O) groups excluding carboxylic acids is 1. The van der Waals surface area contributed by atoms with Crippen molar-refractivity contribution in [2.75, 3.05) is 6.61 Å². The van der Waals surface area contributed by atoms with E-state index in [0.29, 0.717) is 5.75 Å². The molecule has 2 aromatic rings. The van der Waals surface area contributed by atoms with Gasteiger partial charge in [0.25, 0.3) is 5.91 Å². The third-order valence-corrected chi connectivity index (χ3v) is 4.10. The summed E-state index contributed by atoms with van der Waals surface area (Å²) in [6, 6.07) is 9.29. The van der Waals surface area contributed by atoms with Crippen LogP contribution < -0.4 is 10.2 Å². The van der Waals surface area contributed by atoms with E-state index in [1.165, 1.54) is 0 Å². The van der Waals surface area contributed by atoms with Crippen LogP contribution in [-0.4, -0.2) is 18.7 Å². The molecule has 0 bridgehead atoms. The Hall–Kier alpha value is -1.18. The minimum atomic E-state index is -0.312. The third kappa shape index (κ3) is 4.73. The van der Waals surface area contributed by atoms with Gasteiger partial charge in [-0.2, -0.15) is 5.10 Å². The summed E-state index contributed by atoms with van der Waals surface area (Å²) in [4.78, 5) is 12.5. The van der Waals surface area contributed by atoms with E-state index in [2.05, 4.69) is 42.4 Å². The van der Waals surface area contributed by atoms with Gasteiger partial charge in [-0.15, -0.1) is 11.3 Å². The molecule has 104 valence electrons. The lowest BCUT2D eigenvalue weighted by atomic mass is 10.3. The van der Waals surface area contributed by atoms with Crippen molar-refractivity contribution >= 4 is 55.3 Å². The maximum absolute atomic E-state index is 11.6. The van der Waals surface area contributed by atoms with Crippen molar-refractivity contribution in [1.29, 1.82) is 0 Å². The Kier molecular flexibility index (Phi) is 5.75. The number of rotatable bonds is 5. The lowest BCUT2D eigenvalue weighted by molar-refractivity contribution is -0.123. The molecule has 1 aromatic carbocycles. The van der Waals surface area contributed by atoms with E-state index >= 15 is 0 Å². The van der Waals surface area contributed by atoms with Crippen LogP contribution in [0.1, 0.15) is 4.88 Å². The summed E-state index contributed by atoms with van der Waals surface area (Å²) in [5.74, 6) is 0.290. The van der Waals surface area contributed by atoms with Crippen molar-refractivity contribution in [2.45, 2.75) is 0 Å². The first-order valence-corrected chi connectivity index (χ1v) is 8.05. The average Bonchev–Trinajstić information content (AvgIpc) is 2.91. The number of hydrogen-bond donors (Lipinski definition) is 1. The maximum Gasteiger partial charge on any atom is 0.277 e. The minimum absolute atomic E-state index is 0.0952. The Morgan fingerprint density at radius 3 is 2.95 bits per heavy atom. The topological polar surface area (TPSA) is 50.7 Å². The van der Waals surface area contributed by atoms with E-state index in [4.69, 9.17) is 4.74 Å². The number of halogens is 2. The van der Waals surface area contributed by atoms with E-state index in [-0.39, 0.29) is 12.5 Å². The number of carbonyl (C=O) groups is 1. The van der Waals surface area contributed by atoms with Gasteiger partial charge in [-0.3, -0.25) is 4.79 Å². The fraction of sp³-hybridized carbons (Fsp3) is 0.0769. The van der Waals surface area contributed by atoms with E-state index in [9.17, 15) is 4.79 Å². The van der Waals surface area contributed by atoms with E-state index in [1.807, 2.05) is 29.6 Å². The summed E-state index contributed by atoms with van der Waals surface area (Å²) in [6.45, 7) is -0.0952. The molecule has 1 heterocycles. The van der Waals surface area contributed by atoms with Gasteiger partial charge in [0.2, 0.25) is 0 Å². The fourth-order valence-corrected chi connectivity index (χ4v) is 3.05. The Balaban J connectivity index is 1.80. The summed E-state index contributed by atoms with van der Waals surface area (Å²) in [7, 11) is 0. The molecular formula is C13H10Br2N2O2S. The third-order valence-electron chi connectivity index (χ3n) is 2.18. The number of nitrogens with zero attached hydrogens (tertiary/aromatic N) is 1. The molecule has 0 aliphatic carbocycles. The molecule has 4 nitrogen and oxygen atoms in total. The molecule has 1 amide bonds. The summed E-state index contributed by atoms with van der Waals surface area (Å²) in [6.07, 6.45) is 1.60. The summed E-state index contributed by atoms with van der Waals surface area (Å²) < 4.78 is 7.10. The molecule has 0 atom stereocenters. The molecular weight excluding hydrogens is 408 g/mol. The van der Waals surface area contributed by atoms with Crippen molar-refractivity contribution in [3.63, 3.8) is 0 Å². The number of amides is 1. The smallest absolute Gasteiger partial charge is 0.277 e. The number of benzene rings is 1. The highest BCUT2D eigenvalue weighted by molar-refractivity contribution is 9.11. The molecule has 1 N–H and O–H groups in total. The number of thiophene rings is 1. The lowest BCUT2D eigenvalue weighted by Gasteiger charge is -2.07. The Morgan fingerprint density at radius 2 is 2.25 bits per heavy atom. The van der Waals surface area contributed by atoms with Gasteiger partial charge in [-0.1, -0.05) is 22.0 Å². The first-order valence-electron chi connectivity index (χ1n) is 5.58. The molecule has 7 heteroatoms. The molecule has 0 aliphatic rings. The van der Waals surface area contributed by atoms with Crippen molar-refractivity contribution < 1.29 is 9.53 Å². The van der Waals surface area contributed by atoms with Crippen molar-refractivity contribution in [3.8, 4) is 5.75 Å². The normalized spacial score (nSPS) is 10.7. The zero-order valence-corrected chi connectivity index (χ0v) is 14.2. The monoisotopic (exact) mass is 416 g/mol. The second kappa shape index (κ2) is 7.56. The van der Waals surface area contributed by atoms with Gasteiger partial charge >= 0.3 is 0 Å². The number of nitrogens with one attached hydrogen (secondary N) is 1. The molecule has 20 heavy (non-hydrogen) atoms. The Bertz CT molecular complexity index is 615. The zero-order valence-electron chi connectivity index (χ0n) is 10.2. The molecule has 0 radical (unpaired) electrons. The van der Waals surface area contributed by atoms with Crippen LogP contribution >= 0.6 is 43.2 Å².